The first-order chi connectivity index (χ1) is 12.0. The molecule has 1 fully saturated rings. The first-order valence-electron chi connectivity index (χ1n) is 8.36. The summed E-state index contributed by atoms with van der Waals surface area (Å²) in [6, 6.07) is 7.30. The minimum absolute atomic E-state index is 0.273. The van der Waals surface area contributed by atoms with Gasteiger partial charge in [-0.1, -0.05) is 29.8 Å². The molecule has 0 amide bonds. The Morgan fingerprint density at radius 3 is 2.76 bits per heavy atom. The van der Waals surface area contributed by atoms with Crippen molar-refractivity contribution in [3.8, 4) is 10.4 Å². The third kappa shape index (κ3) is 2.54. The van der Waals surface area contributed by atoms with Gasteiger partial charge in [0.1, 0.15) is 4.90 Å². The normalized spacial score (nSPS) is 31.7. The standard InChI is InChI=1S/C18H17ClN2O2S2/c19-14-9-15-17(8-13(14)16-2-1-5-24-16)25(22,23)21-18(20-15)12-7-10-3-4-11(12)6-10/h1-5,8-12,18,20-21H,6-7H2. The SMILES string of the molecule is O=S1(=O)NC(C2CC3C=CC2C3)Nc2cc(Cl)c(-c3cccs3)cc21. The van der Waals surface area contributed by atoms with Gasteiger partial charge in [0.05, 0.1) is 16.9 Å². The molecule has 3 aliphatic rings. The fourth-order valence-electron chi connectivity index (χ4n) is 4.34. The van der Waals surface area contributed by atoms with Crippen LogP contribution in [0.4, 0.5) is 5.69 Å². The van der Waals surface area contributed by atoms with E-state index in [2.05, 4.69) is 22.2 Å². The molecule has 1 saturated carbocycles. The van der Waals surface area contributed by atoms with Crippen LogP contribution in [0.2, 0.25) is 5.02 Å². The van der Waals surface area contributed by atoms with E-state index in [4.69, 9.17) is 11.6 Å². The summed E-state index contributed by atoms with van der Waals surface area (Å²) in [7, 11) is -3.57. The highest BCUT2D eigenvalue weighted by Crippen LogP contribution is 2.47. The second-order valence-electron chi connectivity index (χ2n) is 6.99. The zero-order valence-electron chi connectivity index (χ0n) is 13.3. The monoisotopic (exact) mass is 392 g/mol. The van der Waals surface area contributed by atoms with Crippen molar-refractivity contribution in [3.63, 3.8) is 0 Å². The molecular weight excluding hydrogens is 376 g/mol. The van der Waals surface area contributed by atoms with Gasteiger partial charge in [0.25, 0.3) is 0 Å². The molecule has 2 aliphatic carbocycles. The molecule has 2 heterocycles. The van der Waals surface area contributed by atoms with Crippen LogP contribution in [-0.2, 0) is 10.0 Å². The third-order valence-corrected chi connectivity index (χ3v) is 8.19. The fourth-order valence-corrected chi connectivity index (χ4v) is 6.79. The van der Waals surface area contributed by atoms with Gasteiger partial charge in [-0.2, -0.15) is 4.72 Å². The van der Waals surface area contributed by atoms with Gasteiger partial charge in [0.2, 0.25) is 10.0 Å². The van der Waals surface area contributed by atoms with Gasteiger partial charge in [-0.25, -0.2) is 8.42 Å². The zero-order chi connectivity index (χ0) is 17.2. The first kappa shape index (κ1) is 15.9. The second-order valence-corrected chi connectivity index (χ2v) is 10.0. The molecule has 130 valence electrons. The van der Waals surface area contributed by atoms with E-state index in [1.165, 1.54) is 0 Å². The summed E-state index contributed by atoms with van der Waals surface area (Å²) in [5.41, 5.74) is 1.35. The van der Waals surface area contributed by atoms with E-state index in [1.807, 2.05) is 17.5 Å². The van der Waals surface area contributed by atoms with Crippen LogP contribution >= 0.6 is 22.9 Å². The summed E-state index contributed by atoms with van der Waals surface area (Å²) in [6.07, 6.45) is 6.38. The van der Waals surface area contributed by atoms with Crippen LogP contribution in [0.5, 0.6) is 0 Å². The molecule has 1 aromatic carbocycles. The summed E-state index contributed by atoms with van der Waals surface area (Å²) >= 11 is 8.00. The molecular formula is C18H17ClN2O2S2. The lowest BCUT2D eigenvalue weighted by Crippen LogP contribution is -2.50. The van der Waals surface area contributed by atoms with E-state index in [0.29, 0.717) is 22.5 Å². The molecule has 0 saturated heterocycles. The second kappa shape index (κ2) is 5.58. The Balaban J connectivity index is 1.55. The molecule has 7 heteroatoms. The number of sulfonamides is 1. The van der Waals surface area contributed by atoms with Crippen molar-refractivity contribution < 1.29 is 8.42 Å². The van der Waals surface area contributed by atoms with Crippen LogP contribution in [0.25, 0.3) is 10.4 Å². The minimum Gasteiger partial charge on any atom is -0.368 e. The number of hydrogen-bond acceptors (Lipinski definition) is 4. The lowest BCUT2D eigenvalue weighted by atomic mass is 9.91. The van der Waals surface area contributed by atoms with Gasteiger partial charge in [-0.05, 0) is 48.3 Å². The molecule has 4 nitrogen and oxygen atoms in total. The molecule has 2 N–H and O–H groups in total. The maximum absolute atomic E-state index is 12.9. The van der Waals surface area contributed by atoms with E-state index in [9.17, 15) is 8.42 Å². The highest BCUT2D eigenvalue weighted by atomic mass is 35.5. The van der Waals surface area contributed by atoms with Crippen LogP contribution in [0.15, 0.2) is 46.7 Å². The number of benzene rings is 1. The predicted octanol–water partition coefficient (Wildman–Crippen LogP) is 4.31. The smallest absolute Gasteiger partial charge is 0.244 e. The van der Waals surface area contributed by atoms with E-state index in [1.54, 1.807) is 23.5 Å². The molecule has 5 rings (SSSR count). The van der Waals surface area contributed by atoms with Gasteiger partial charge in [-0.15, -0.1) is 11.3 Å². The average Bonchev–Trinajstić information content (AvgIpc) is 3.31. The number of nitrogens with one attached hydrogen (secondary N) is 2. The van der Waals surface area contributed by atoms with E-state index >= 15 is 0 Å². The Labute approximate surface area is 156 Å². The maximum Gasteiger partial charge on any atom is 0.244 e. The number of thiophene rings is 1. The molecule has 4 unspecified atom stereocenters. The average molecular weight is 393 g/mol. The van der Waals surface area contributed by atoms with Crippen molar-refractivity contribution in [1.29, 1.82) is 0 Å². The van der Waals surface area contributed by atoms with Crippen molar-refractivity contribution in [2.75, 3.05) is 5.32 Å². The minimum atomic E-state index is -3.57. The summed E-state index contributed by atoms with van der Waals surface area (Å²) in [4.78, 5) is 1.23. The van der Waals surface area contributed by atoms with Gasteiger partial charge in [0.15, 0.2) is 0 Å². The Hall–Kier alpha value is -1.34. The number of hydrogen-bond donors (Lipinski definition) is 2. The summed E-state index contributed by atoms with van der Waals surface area (Å²) in [6.45, 7) is 0. The number of halogens is 1. The van der Waals surface area contributed by atoms with Crippen molar-refractivity contribution in [3.05, 3.63) is 46.8 Å². The van der Waals surface area contributed by atoms with Crippen LogP contribution in [-0.4, -0.2) is 14.6 Å². The predicted molar refractivity (Wildman–Crippen MR) is 101 cm³/mol. The largest absolute Gasteiger partial charge is 0.368 e. The van der Waals surface area contributed by atoms with Gasteiger partial charge < -0.3 is 5.32 Å². The maximum atomic E-state index is 12.9. The molecule has 25 heavy (non-hydrogen) atoms. The summed E-state index contributed by atoms with van der Waals surface area (Å²) in [5, 5.41) is 5.91. The van der Waals surface area contributed by atoms with Crippen molar-refractivity contribution in [2.24, 2.45) is 17.8 Å². The van der Waals surface area contributed by atoms with Crippen molar-refractivity contribution >= 4 is 38.6 Å². The molecule has 0 spiro atoms. The number of allylic oxidation sites excluding steroid dienone is 2. The highest BCUT2D eigenvalue weighted by Gasteiger charge is 2.43. The molecule has 2 bridgehead atoms. The van der Waals surface area contributed by atoms with Gasteiger partial charge in [-0.3, -0.25) is 0 Å². The Kier molecular flexibility index (Phi) is 3.54. The summed E-state index contributed by atoms with van der Waals surface area (Å²) in [5.74, 6) is 1.33. The quantitative estimate of drug-likeness (QED) is 0.748. The molecule has 2 aromatic rings. The summed E-state index contributed by atoms with van der Waals surface area (Å²) < 4.78 is 28.6. The molecule has 4 atom stereocenters. The van der Waals surface area contributed by atoms with Gasteiger partial charge in [0, 0.05) is 16.4 Å². The third-order valence-electron chi connectivity index (χ3n) is 5.50. The van der Waals surface area contributed by atoms with Crippen LogP contribution in [0.3, 0.4) is 0 Å². The van der Waals surface area contributed by atoms with Crippen molar-refractivity contribution in [2.45, 2.75) is 23.9 Å². The number of anilines is 1. The highest BCUT2D eigenvalue weighted by molar-refractivity contribution is 7.89. The zero-order valence-corrected chi connectivity index (χ0v) is 15.7. The Bertz CT molecular complexity index is 969. The van der Waals surface area contributed by atoms with E-state index in [0.717, 1.165) is 23.3 Å². The van der Waals surface area contributed by atoms with Crippen LogP contribution < -0.4 is 10.0 Å². The van der Waals surface area contributed by atoms with Crippen molar-refractivity contribution in [1.82, 2.24) is 4.72 Å². The fraction of sp³-hybridized carbons (Fsp3) is 0.333. The van der Waals surface area contributed by atoms with Crippen LogP contribution in [0, 0.1) is 17.8 Å². The topological polar surface area (TPSA) is 58.2 Å². The lowest BCUT2D eigenvalue weighted by molar-refractivity contribution is 0.363. The van der Waals surface area contributed by atoms with E-state index in [-0.39, 0.29) is 17.0 Å². The number of rotatable bonds is 2. The molecule has 1 aromatic heterocycles. The van der Waals surface area contributed by atoms with E-state index < -0.39 is 10.0 Å². The molecule has 1 aliphatic heterocycles. The Morgan fingerprint density at radius 2 is 2.08 bits per heavy atom. The molecule has 0 radical (unpaired) electrons. The number of fused-ring (bicyclic) bond motifs is 3. The first-order valence-corrected chi connectivity index (χ1v) is 11.1. The van der Waals surface area contributed by atoms with Gasteiger partial charge >= 0.3 is 0 Å². The lowest BCUT2D eigenvalue weighted by Gasteiger charge is -2.35. The Morgan fingerprint density at radius 1 is 1.20 bits per heavy atom. The van der Waals surface area contributed by atoms with Crippen LogP contribution in [0.1, 0.15) is 12.8 Å².